The topological polar surface area (TPSA) is 3.24 Å². The van der Waals surface area contributed by atoms with Crippen molar-refractivity contribution in [2.75, 3.05) is 14.1 Å². The van der Waals surface area contributed by atoms with Crippen molar-refractivity contribution in [3.63, 3.8) is 0 Å². The van der Waals surface area contributed by atoms with Gasteiger partial charge in [-0.2, -0.15) is 12.6 Å². The molecule has 3 heteroatoms. The van der Waals surface area contributed by atoms with Crippen LogP contribution < -0.4 is 0 Å². The highest BCUT2D eigenvalue weighted by Gasteiger charge is 2.02. The lowest BCUT2D eigenvalue weighted by atomic mass is 10.4. The highest BCUT2D eigenvalue weighted by atomic mass is 32.1. The molecule has 0 aliphatic rings. The van der Waals surface area contributed by atoms with Gasteiger partial charge in [-0.05, 0) is 6.92 Å². The van der Waals surface area contributed by atoms with Crippen molar-refractivity contribution in [3.05, 3.63) is 0 Å². The van der Waals surface area contributed by atoms with Gasteiger partial charge in [0.25, 0.3) is 0 Å². The van der Waals surface area contributed by atoms with Gasteiger partial charge in [-0.15, -0.1) is 0 Å². The molecule has 0 saturated heterocycles. The van der Waals surface area contributed by atoms with E-state index in [0.717, 1.165) is 4.99 Å². The molecule has 0 fully saturated rings. The first-order valence-corrected chi connectivity index (χ1v) is 3.37. The molecule has 0 bridgehead atoms. The molecule has 1 unspecified atom stereocenters. The molecular formula is C5H11NS2. The Morgan fingerprint density at radius 3 is 2.00 bits per heavy atom. The third kappa shape index (κ3) is 2.52. The second kappa shape index (κ2) is 3.30. The lowest BCUT2D eigenvalue weighted by Crippen LogP contribution is -2.26. The van der Waals surface area contributed by atoms with Crippen molar-refractivity contribution in [1.82, 2.24) is 4.90 Å². The van der Waals surface area contributed by atoms with Gasteiger partial charge in [-0.1, -0.05) is 12.2 Å². The van der Waals surface area contributed by atoms with Crippen LogP contribution in [0.1, 0.15) is 6.92 Å². The van der Waals surface area contributed by atoms with E-state index in [0.29, 0.717) is 0 Å². The molecule has 0 heterocycles. The maximum Gasteiger partial charge on any atom is 0.0900 e. The van der Waals surface area contributed by atoms with E-state index in [9.17, 15) is 0 Å². The molecule has 0 aromatic heterocycles. The molecule has 0 spiro atoms. The van der Waals surface area contributed by atoms with Crippen molar-refractivity contribution < 1.29 is 0 Å². The molecule has 0 N–H and O–H groups in total. The Bertz CT molecular complexity index is 78.4. The van der Waals surface area contributed by atoms with Gasteiger partial charge in [0.05, 0.1) is 4.99 Å². The predicted octanol–water partition coefficient (Wildman–Crippen LogP) is 1.19. The van der Waals surface area contributed by atoms with Gasteiger partial charge in [-0.3, -0.25) is 0 Å². The van der Waals surface area contributed by atoms with Gasteiger partial charge in [0, 0.05) is 19.3 Å². The minimum Gasteiger partial charge on any atom is -0.371 e. The van der Waals surface area contributed by atoms with E-state index in [1.807, 2.05) is 25.9 Å². The Hall–Kier alpha value is 0.240. The van der Waals surface area contributed by atoms with Crippen molar-refractivity contribution in [2.24, 2.45) is 0 Å². The van der Waals surface area contributed by atoms with Crippen LogP contribution >= 0.6 is 24.8 Å². The second-order valence-corrected chi connectivity index (χ2v) is 3.10. The molecule has 0 aliphatic heterocycles. The van der Waals surface area contributed by atoms with E-state index in [1.54, 1.807) is 0 Å². The molecule has 0 aromatic carbocycles. The van der Waals surface area contributed by atoms with Gasteiger partial charge in [0.15, 0.2) is 0 Å². The first-order valence-electron chi connectivity index (χ1n) is 2.45. The largest absolute Gasteiger partial charge is 0.371 e. The minimum absolute atomic E-state index is 0.194. The minimum atomic E-state index is 0.194. The number of thiol groups is 1. The third-order valence-corrected chi connectivity index (χ3v) is 1.94. The van der Waals surface area contributed by atoms with E-state index >= 15 is 0 Å². The van der Waals surface area contributed by atoms with Crippen LogP contribution in [-0.2, 0) is 0 Å². The average molecular weight is 149 g/mol. The SMILES string of the molecule is CC(S)C(=S)N(C)C. The summed E-state index contributed by atoms with van der Waals surface area (Å²) in [6, 6.07) is 0. The maximum atomic E-state index is 4.95. The van der Waals surface area contributed by atoms with Crippen LogP contribution in [0.5, 0.6) is 0 Å². The molecule has 0 saturated carbocycles. The predicted molar refractivity (Wildman–Crippen MR) is 44.7 cm³/mol. The zero-order valence-corrected chi connectivity index (χ0v) is 7.09. The summed E-state index contributed by atoms with van der Waals surface area (Å²) in [4.78, 5) is 2.78. The standard InChI is InChI=1S/C5H11NS2/c1-4(7)5(8)6(2)3/h4,7H,1-3H3. The summed E-state index contributed by atoms with van der Waals surface area (Å²) in [5.41, 5.74) is 0. The number of rotatable bonds is 1. The van der Waals surface area contributed by atoms with Crippen LogP contribution in [-0.4, -0.2) is 29.2 Å². The van der Waals surface area contributed by atoms with Crippen LogP contribution in [0.2, 0.25) is 0 Å². The second-order valence-electron chi connectivity index (χ2n) is 1.91. The van der Waals surface area contributed by atoms with Crippen molar-refractivity contribution in [2.45, 2.75) is 12.2 Å². The van der Waals surface area contributed by atoms with E-state index in [4.69, 9.17) is 12.2 Å². The maximum absolute atomic E-state index is 4.95. The van der Waals surface area contributed by atoms with Crippen LogP contribution in [0.25, 0.3) is 0 Å². The molecule has 0 aliphatic carbocycles. The Balaban J connectivity index is 3.65. The summed E-state index contributed by atoms with van der Waals surface area (Å²) in [7, 11) is 3.85. The normalized spacial score (nSPS) is 13.0. The highest BCUT2D eigenvalue weighted by Crippen LogP contribution is 1.98. The quantitative estimate of drug-likeness (QED) is 0.441. The monoisotopic (exact) mass is 149 g/mol. The van der Waals surface area contributed by atoms with Crippen LogP contribution in [0.3, 0.4) is 0 Å². The Labute approximate surface area is 61.5 Å². The first-order chi connectivity index (χ1) is 3.55. The van der Waals surface area contributed by atoms with Crippen molar-refractivity contribution in [1.29, 1.82) is 0 Å². The van der Waals surface area contributed by atoms with Crippen LogP contribution in [0.15, 0.2) is 0 Å². The first kappa shape index (κ1) is 8.24. The Morgan fingerprint density at radius 2 is 2.00 bits per heavy atom. The van der Waals surface area contributed by atoms with E-state index in [1.165, 1.54) is 0 Å². The smallest absolute Gasteiger partial charge is 0.0900 e. The van der Waals surface area contributed by atoms with Crippen molar-refractivity contribution in [3.8, 4) is 0 Å². The summed E-state index contributed by atoms with van der Waals surface area (Å²) in [5.74, 6) is 0. The molecule has 0 amide bonds. The molecule has 48 valence electrons. The summed E-state index contributed by atoms with van der Waals surface area (Å²) >= 11 is 9.10. The molecule has 1 atom stereocenters. The summed E-state index contributed by atoms with van der Waals surface area (Å²) in [6.45, 7) is 1.96. The molecule has 0 aromatic rings. The van der Waals surface area contributed by atoms with Gasteiger partial charge in [0.1, 0.15) is 0 Å². The molecule has 0 radical (unpaired) electrons. The molecule has 8 heavy (non-hydrogen) atoms. The highest BCUT2D eigenvalue weighted by molar-refractivity contribution is 7.86. The summed E-state index contributed by atoms with van der Waals surface area (Å²) in [5, 5.41) is 0.194. The van der Waals surface area contributed by atoms with Crippen molar-refractivity contribution >= 4 is 29.8 Å². The number of nitrogens with zero attached hydrogens (tertiary/aromatic N) is 1. The average Bonchev–Trinajstić information content (AvgIpc) is 1.64. The van der Waals surface area contributed by atoms with E-state index < -0.39 is 0 Å². The lowest BCUT2D eigenvalue weighted by molar-refractivity contribution is 0.624. The van der Waals surface area contributed by atoms with Gasteiger partial charge >= 0.3 is 0 Å². The Morgan fingerprint density at radius 1 is 1.62 bits per heavy atom. The van der Waals surface area contributed by atoms with Crippen LogP contribution in [0.4, 0.5) is 0 Å². The summed E-state index contributed by atoms with van der Waals surface area (Å²) in [6.07, 6.45) is 0. The van der Waals surface area contributed by atoms with Gasteiger partial charge in [0.2, 0.25) is 0 Å². The summed E-state index contributed by atoms with van der Waals surface area (Å²) < 4.78 is 0. The number of thiocarbonyl (C=S) groups is 1. The molecule has 0 rings (SSSR count). The molecule has 1 nitrogen and oxygen atoms in total. The fourth-order valence-corrected chi connectivity index (χ4v) is 0.605. The van der Waals surface area contributed by atoms with E-state index in [-0.39, 0.29) is 5.25 Å². The Kier molecular flexibility index (Phi) is 3.40. The zero-order chi connectivity index (χ0) is 6.73. The third-order valence-electron chi connectivity index (χ3n) is 0.798. The fourth-order valence-electron chi connectivity index (χ4n) is 0.374. The van der Waals surface area contributed by atoms with Crippen LogP contribution in [0, 0.1) is 0 Å². The van der Waals surface area contributed by atoms with Gasteiger partial charge < -0.3 is 4.90 Å². The van der Waals surface area contributed by atoms with Gasteiger partial charge in [-0.25, -0.2) is 0 Å². The number of hydrogen-bond acceptors (Lipinski definition) is 2. The lowest BCUT2D eigenvalue weighted by Gasteiger charge is -2.15. The zero-order valence-electron chi connectivity index (χ0n) is 5.38. The fraction of sp³-hybridized carbons (Fsp3) is 0.800. The van der Waals surface area contributed by atoms with E-state index in [2.05, 4.69) is 12.6 Å². The number of hydrogen-bond donors (Lipinski definition) is 1. The molecular weight excluding hydrogens is 138 g/mol.